The van der Waals surface area contributed by atoms with Gasteiger partial charge in [0.2, 0.25) is 5.91 Å². The van der Waals surface area contributed by atoms with E-state index in [1.54, 1.807) is 52.1 Å². The van der Waals surface area contributed by atoms with Crippen LogP contribution in [-0.2, 0) is 39.7 Å². The zero-order valence-corrected chi connectivity index (χ0v) is 40.1. The molecule has 2 N–H and O–H groups in total. The predicted octanol–water partition coefficient (Wildman–Crippen LogP) is 7.04. The minimum Gasteiger partial charge on any atom is -0.495 e. The van der Waals surface area contributed by atoms with Crippen LogP contribution < -0.4 is 15.0 Å². The molecular weight excluding hydrogens is 894 g/mol. The van der Waals surface area contributed by atoms with Crippen molar-refractivity contribution in [1.82, 2.24) is 15.2 Å². The number of anilines is 1. The molecule has 0 saturated carbocycles. The maximum Gasteiger partial charge on any atom is 0.410 e. The summed E-state index contributed by atoms with van der Waals surface area (Å²) in [6.07, 6.45) is 1.55. The van der Waals surface area contributed by atoms with Crippen LogP contribution in [0.25, 0.3) is 0 Å². The fourth-order valence-corrected chi connectivity index (χ4v) is 9.86. The Morgan fingerprint density at radius 1 is 1.23 bits per heavy atom. The molecule has 0 unspecified atom stereocenters. The molecule has 8 atom stereocenters. The summed E-state index contributed by atoms with van der Waals surface area (Å²) in [5.74, 6) is -1.66. The highest BCUT2D eigenvalue weighted by molar-refractivity contribution is 8.77. The lowest BCUT2D eigenvalue weighted by atomic mass is 9.75. The third-order valence-corrected chi connectivity index (χ3v) is 15.3. The highest BCUT2D eigenvalue weighted by atomic mass is 35.5. The molecule has 21 heteroatoms. The van der Waals surface area contributed by atoms with Crippen molar-refractivity contribution in [2.24, 2.45) is 5.92 Å². The van der Waals surface area contributed by atoms with Gasteiger partial charge in [-0.25, -0.2) is 19.4 Å². The van der Waals surface area contributed by atoms with E-state index in [-0.39, 0.29) is 23.7 Å². The number of ether oxygens (including phenoxy) is 6. The zero-order valence-electron chi connectivity index (χ0n) is 37.7. The highest BCUT2D eigenvalue weighted by Gasteiger charge is 2.67. The first-order valence-corrected chi connectivity index (χ1v) is 22.9. The molecule has 350 valence electrons. The Balaban J connectivity index is 1.40. The Morgan fingerprint density at radius 3 is 2.56 bits per heavy atom. The summed E-state index contributed by atoms with van der Waals surface area (Å²) < 4.78 is 34.6. The molecule has 5 rings (SSSR count). The molecular formula is C43H56ClN5O13S2. The lowest BCUT2D eigenvalue weighted by Crippen LogP contribution is -2.67. The van der Waals surface area contributed by atoms with Crippen LogP contribution in [0.1, 0.15) is 66.9 Å². The number of epoxide rings is 1. The van der Waals surface area contributed by atoms with Gasteiger partial charge in [0.25, 0.3) is 5.69 Å². The van der Waals surface area contributed by atoms with Crippen LogP contribution in [0.15, 0.2) is 59.3 Å². The molecule has 2 aromatic rings. The van der Waals surface area contributed by atoms with Crippen LogP contribution in [0.2, 0.25) is 5.02 Å². The number of carbonyl (C=O) groups is 4. The Morgan fingerprint density at radius 2 is 1.94 bits per heavy atom. The Bertz CT molecular complexity index is 2180. The Hall–Kier alpha value is -4.60. The quantitative estimate of drug-likeness (QED) is 0.0576. The third kappa shape index (κ3) is 11.4. The van der Waals surface area contributed by atoms with Crippen LogP contribution in [0, 0.1) is 16.0 Å². The number of pyridine rings is 1. The number of esters is 1. The van der Waals surface area contributed by atoms with Crippen LogP contribution >= 0.6 is 33.2 Å². The number of amides is 3. The second-order valence-corrected chi connectivity index (χ2v) is 20.5. The van der Waals surface area contributed by atoms with E-state index in [2.05, 4.69) is 10.3 Å². The van der Waals surface area contributed by atoms with Crippen molar-refractivity contribution in [3.8, 4) is 5.75 Å². The standard InChI is InChI=1S/C43H56ClN5O13S2/c1-24-13-12-14-31(58-11)43(54)22-41(6,62-38(52)46-43)25(2)36-42(7,61-36)32(20-34(50)48(9)29-18-27(17-24)19-30(57-10)35(29)44)60-37(51)26(3)47(8)39(53)59-23-40(4,5)64-63-33-16-15-28(21-45-33)49(55)56/h12-16,18-19,21,25-26,31-32,36,54H,17,20,22-23H2,1-11H3,(H,46,52)/b14-12+,24-13+/t25-,26-,31+,32-,36-,41-,42+,43-/m0/s1. The molecule has 0 aliphatic carbocycles. The highest BCUT2D eigenvalue weighted by Crippen LogP contribution is 2.52. The van der Waals surface area contributed by atoms with Gasteiger partial charge >= 0.3 is 18.2 Å². The number of nitrogens with one attached hydrogen (secondary N) is 1. The minimum absolute atomic E-state index is 0.0721. The number of hydrogen-bond acceptors (Lipinski definition) is 16. The number of methoxy groups -OCH3 is 2. The van der Waals surface area contributed by atoms with Crippen molar-refractivity contribution in [1.29, 1.82) is 0 Å². The summed E-state index contributed by atoms with van der Waals surface area (Å²) in [5.41, 5.74) is -2.71. The van der Waals surface area contributed by atoms with Gasteiger partial charge in [0.1, 0.15) is 58.1 Å². The molecule has 2 saturated heterocycles. The van der Waals surface area contributed by atoms with E-state index in [1.807, 2.05) is 26.8 Å². The number of alkyl carbamates (subject to hydrolysis) is 1. The third-order valence-electron chi connectivity index (χ3n) is 11.8. The predicted molar refractivity (Wildman–Crippen MR) is 240 cm³/mol. The number of fused-ring (bicyclic) bond motifs is 5. The van der Waals surface area contributed by atoms with E-state index in [0.717, 1.165) is 22.2 Å². The van der Waals surface area contributed by atoms with E-state index in [0.29, 0.717) is 22.9 Å². The van der Waals surface area contributed by atoms with Gasteiger partial charge < -0.3 is 38.4 Å². The maximum atomic E-state index is 14.3. The van der Waals surface area contributed by atoms with E-state index in [1.165, 1.54) is 66.8 Å². The summed E-state index contributed by atoms with van der Waals surface area (Å²) in [7, 11) is 8.40. The fourth-order valence-electron chi connectivity index (χ4n) is 7.53. The van der Waals surface area contributed by atoms with Crippen molar-refractivity contribution in [3.05, 3.63) is 75.0 Å². The van der Waals surface area contributed by atoms with Gasteiger partial charge in [-0.2, -0.15) is 0 Å². The number of benzene rings is 1. The molecule has 3 aliphatic heterocycles. The maximum absolute atomic E-state index is 14.3. The molecule has 1 aromatic heterocycles. The molecule has 3 aliphatic rings. The molecule has 4 heterocycles. The molecule has 0 radical (unpaired) electrons. The van der Waals surface area contributed by atoms with Crippen LogP contribution in [-0.4, -0.2) is 125 Å². The number of allylic oxidation sites excluding steroid dienone is 3. The first kappa shape index (κ1) is 50.4. The largest absolute Gasteiger partial charge is 0.495 e. The number of likely N-dealkylation sites (N-methyl/N-ethyl adjacent to an activating group) is 1. The average Bonchev–Trinajstić information content (AvgIpc) is 3.93. The summed E-state index contributed by atoms with van der Waals surface area (Å²) in [6.45, 7) is 12.1. The zero-order chi connectivity index (χ0) is 47.5. The fraction of sp³-hybridized carbons (Fsp3) is 0.558. The first-order chi connectivity index (χ1) is 29.9. The number of hydrogen-bond donors (Lipinski definition) is 2. The van der Waals surface area contributed by atoms with E-state index in [4.69, 9.17) is 40.0 Å². The van der Waals surface area contributed by atoms with E-state index in [9.17, 15) is 34.4 Å². The van der Waals surface area contributed by atoms with Crippen LogP contribution in [0.5, 0.6) is 5.75 Å². The smallest absolute Gasteiger partial charge is 0.410 e. The monoisotopic (exact) mass is 949 g/mol. The van der Waals surface area contributed by atoms with Crippen molar-refractivity contribution in [2.75, 3.05) is 39.8 Å². The summed E-state index contributed by atoms with van der Waals surface area (Å²) in [6, 6.07) is 5.21. The number of carbonyl (C=O) groups excluding carboxylic acids is 4. The molecule has 3 amide bonds. The van der Waals surface area contributed by atoms with Crippen LogP contribution in [0.3, 0.4) is 0 Å². The first-order valence-electron chi connectivity index (χ1n) is 20.3. The van der Waals surface area contributed by atoms with Gasteiger partial charge in [-0.1, -0.05) is 53.1 Å². The average molecular weight is 951 g/mol. The second-order valence-electron chi connectivity index (χ2n) is 17.3. The summed E-state index contributed by atoms with van der Waals surface area (Å²) in [5, 5.41) is 26.2. The minimum atomic E-state index is -1.91. The number of nitrogens with zero attached hydrogens (tertiary/aromatic N) is 4. The van der Waals surface area contributed by atoms with Gasteiger partial charge in [0.05, 0.1) is 35.0 Å². The lowest BCUT2D eigenvalue weighted by molar-refractivity contribution is -0.385. The van der Waals surface area contributed by atoms with Gasteiger partial charge in [0, 0.05) is 39.6 Å². The van der Waals surface area contributed by atoms with E-state index < -0.39 is 87.4 Å². The van der Waals surface area contributed by atoms with Crippen molar-refractivity contribution in [2.45, 2.75) is 119 Å². The normalized spacial score (nSPS) is 29.1. The number of halogens is 1. The van der Waals surface area contributed by atoms with Crippen LogP contribution in [0.4, 0.5) is 21.0 Å². The summed E-state index contributed by atoms with van der Waals surface area (Å²) >= 11 is 6.80. The van der Waals surface area contributed by atoms with Crippen molar-refractivity contribution >= 4 is 68.6 Å². The molecule has 2 fully saturated rings. The second kappa shape index (κ2) is 19.9. The number of rotatable bonds is 11. The molecule has 0 spiro atoms. The Labute approximate surface area is 385 Å². The molecule has 1 aromatic carbocycles. The Kier molecular flexibility index (Phi) is 15.6. The summed E-state index contributed by atoms with van der Waals surface area (Å²) in [4.78, 5) is 71.8. The number of aliphatic hydroxyl groups is 1. The van der Waals surface area contributed by atoms with Gasteiger partial charge in [-0.3, -0.25) is 25.1 Å². The van der Waals surface area contributed by atoms with Crippen molar-refractivity contribution < 1.29 is 57.6 Å². The molecule has 18 nitrogen and oxygen atoms in total. The van der Waals surface area contributed by atoms with Gasteiger partial charge in [-0.15, -0.1) is 0 Å². The van der Waals surface area contributed by atoms with Gasteiger partial charge in [-0.05, 0) is 82.5 Å². The van der Waals surface area contributed by atoms with E-state index >= 15 is 0 Å². The lowest BCUT2D eigenvalue weighted by Gasteiger charge is -2.47. The SMILES string of the molecule is COc1cc2cc(c1Cl)N(C)C(=O)C[C@H](OC(=O)[C@H](C)N(C)C(=O)OCC(C)(C)SSc1ccc([N+](=O)[O-])cn1)[C@@]1(C)O[C@H]1[C@H](C)[C@]1(C)C[C@@](O)(NC(=O)O1)[C@H](OC)/C=C/C=C(\C)C2. The number of aromatic nitrogens is 1. The number of nitro groups is 1. The van der Waals surface area contributed by atoms with Gasteiger partial charge in [0.15, 0.2) is 5.72 Å². The topological polar surface area (TPSA) is 222 Å². The van der Waals surface area contributed by atoms with Crippen molar-refractivity contribution in [3.63, 3.8) is 0 Å². The molecule has 4 bridgehead atoms. The molecule has 64 heavy (non-hydrogen) atoms.